The minimum absolute atomic E-state index is 0.115. The summed E-state index contributed by atoms with van der Waals surface area (Å²) in [6.45, 7) is 1.20. The molecule has 0 N–H and O–H groups in total. The van der Waals surface area contributed by atoms with Crippen LogP contribution < -0.4 is 4.74 Å². The van der Waals surface area contributed by atoms with Gasteiger partial charge in [-0.05, 0) is 42.5 Å². The number of ether oxygens (including phenoxy) is 2. The Morgan fingerprint density at radius 3 is 2.27 bits per heavy atom. The summed E-state index contributed by atoms with van der Waals surface area (Å²) >= 11 is 0. The van der Waals surface area contributed by atoms with E-state index in [-0.39, 0.29) is 44.3 Å². The highest BCUT2D eigenvalue weighted by molar-refractivity contribution is 7.89. The third-order valence-corrected chi connectivity index (χ3v) is 8.91. The quantitative estimate of drug-likeness (QED) is 0.248. The van der Waals surface area contributed by atoms with Crippen molar-refractivity contribution in [1.29, 1.82) is 5.26 Å². The molecule has 1 saturated heterocycles. The number of hydrogen-bond acceptors (Lipinski definition) is 7. The highest BCUT2D eigenvalue weighted by Crippen LogP contribution is 2.36. The maximum Gasteiger partial charge on any atom is 0.313 e. The molecule has 0 radical (unpaired) electrons. The largest absolute Gasteiger partial charge is 0.469 e. The first-order valence-electron chi connectivity index (χ1n) is 12.1. The first-order chi connectivity index (χ1) is 17.9. The molecule has 0 bridgehead atoms. The lowest BCUT2D eigenvalue weighted by atomic mass is 9.80. The van der Waals surface area contributed by atoms with E-state index < -0.39 is 21.4 Å². The minimum Gasteiger partial charge on any atom is -0.469 e. The van der Waals surface area contributed by atoms with E-state index >= 15 is 0 Å². The molecule has 2 aliphatic rings. The van der Waals surface area contributed by atoms with Crippen molar-refractivity contribution in [2.24, 2.45) is 10.4 Å². The van der Waals surface area contributed by atoms with E-state index in [1.807, 2.05) is 42.5 Å². The zero-order chi connectivity index (χ0) is 26.3. The summed E-state index contributed by atoms with van der Waals surface area (Å²) in [5.74, 6) is -0.354. The second kappa shape index (κ2) is 11.6. The number of sulfonamides is 1. The van der Waals surface area contributed by atoms with Crippen LogP contribution >= 0.6 is 0 Å². The number of carbonyl (C=O) groups is 1. The predicted octanol–water partition coefficient (Wildman–Crippen LogP) is 3.28. The summed E-state index contributed by atoms with van der Waals surface area (Å²) in [6.07, 6.45) is 4.75. The Hall–Kier alpha value is -3.68. The van der Waals surface area contributed by atoms with Gasteiger partial charge >= 0.3 is 12.0 Å². The Morgan fingerprint density at radius 2 is 1.70 bits per heavy atom. The van der Waals surface area contributed by atoms with Crippen molar-refractivity contribution in [1.82, 2.24) is 9.21 Å². The van der Waals surface area contributed by atoms with Gasteiger partial charge in [-0.1, -0.05) is 54.6 Å². The van der Waals surface area contributed by atoms with Gasteiger partial charge in [-0.25, -0.2) is 8.42 Å². The van der Waals surface area contributed by atoms with Gasteiger partial charge in [0.15, 0.2) is 0 Å². The zero-order valence-electron chi connectivity index (χ0n) is 20.7. The van der Waals surface area contributed by atoms with E-state index in [1.165, 1.54) is 11.4 Å². The number of hydrogen-bond donors (Lipinski definition) is 0. The number of carbonyl (C=O) groups excluding carboxylic acids is 1. The van der Waals surface area contributed by atoms with E-state index in [1.54, 1.807) is 35.4 Å². The van der Waals surface area contributed by atoms with E-state index in [2.05, 4.69) is 4.99 Å². The molecule has 0 aliphatic carbocycles. The molecule has 0 unspecified atom stereocenters. The van der Waals surface area contributed by atoms with Crippen molar-refractivity contribution in [3.63, 3.8) is 0 Å². The third-order valence-electron chi connectivity index (χ3n) is 6.88. The number of methoxy groups -OCH3 is 1. The Kier molecular flexibility index (Phi) is 8.26. The van der Waals surface area contributed by atoms with Gasteiger partial charge in [0.05, 0.1) is 18.3 Å². The molecule has 0 atom stereocenters. The molecule has 2 aromatic carbocycles. The molecule has 4 rings (SSSR count). The minimum atomic E-state index is -3.74. The normalized spacial score (nSPS) is 18.4. The maximum atomic E-state index is 13.5. The zero-order valence-corrected chi connectivity index (χ0v) is 21.6. The smallest absolute Gasteiger partial charge is 0.313 e. The summed E-state index contributed by atoms with van der Waals surface area (Å²) < 4.78 is 39.2. The Bertz CT molecular complexity index is 1300. The van der Waals surface area contributed by atoms with Gasteiger partial charge in [0.1, 0.15) is 5.75 Å². The fourth-order valence-corrected chi connectivity index (χ4v) is 6.76. The molecule has 2 aromatic rings. The Labute approximate surface area is 217 Å². The van der Waals surface area contributed by atoms with Crippen LogP contribution in [0, 0.1) is 16.9 Å². The molecular weight excluding hydrogens is 492 g/mol. The predicted molar refractivity (Wildman–Crippen MR) is 140 cm³/mol. The molecule has 37 heavy (non-hydrogen) atoms. The molecule has 1 fully saturated rings. The highest BCUT2D eigenvalue weighted by atomic mass is 32.2. The van der Waals surface area contributed by atoms with Crippen LogP contribution in [0.4, 0.5) is 0 Å². The average molecular weight is 523 g/mol. The molecule has 2 aliphatic heterocycles. The van der Waals surface area contributed by atoms with Crippen LogP contribution in [0.5, 0.6) is 5.75 Å². The highest BCUT2D eigenvalue weighted by Gasteiger charge is 2.48. The van der Waals surface area contributed by atoms with Crippen molar-refractivity contribution in [3.8, 4) is 11.9 Å². The number of esters is 1. The van der Waals surface area contributed by atoms with Gasteiger partial charge in [-0.2, -0.15) is 9.57 Å². The summed E-state index contributed by atoms with van der Waals surface area (Å²) in [6, 6.07) is 19.0. The molecule has 0 amide bonds. The van der Waals surface area contributed by atoms with Gasteiger partial charge in [-0.3, -0.25) is 4.79 Å². The first kappa shape index (κ1) is 26.4. The van der Waals surface area contributed by atoms with Crippen LogP contribution in [0.1, 0.15) is 24.8 Å². The molecule has 9 nitrogen and oxygen atoms in total. The number of benzene rings is 2. The molecule has 0 saturated carbocycles. The van der Waals surface area contributed by atoms with Crippen LogP contribution in [0.15, 0.2) is 71.7 Å². The number of para-hydroxylation sites is 1. The van der Waals surface area contributed by atoms with E-state index in [9.17, 15) is 13.2 Å². The second-order valence-corrected chi connectivity index (χ2v) is 11.1. The van der Waals surface area contributed by atoms with Crippen molar-refractivity contribution in [3.05, 3.63) is 72.3 Å². The van der Waals surface area contributed by atoms with E-state index in [4.69, 9.17) is 14.7 Å². The second-order valence-electron chi connectivity index (χ2n) is 9.13. The molecule has 0 aromatic heterocycles. The van der Waals surface area contributed by atoms with Gasteiger partial charge in [0.2, 0.25) is 16.2 Å². The van der Waals surface area contributed by atoms with Crippen LogP contribution in [-0.4, -0.2) is 68.7 Å². The lowest BCUT2D eigenvalue weighted by molar-refractivity contribution is -0.153. The lowest BCUT2D eigenvalue weighted by Crippen LogP contribution is -2.52. The standard InChI is InChI=1S/C27H30N4O5S/c1-35-25(32)27(14-18-30(19-15-27)26(29-21-28)36-24-10-6-3-7-11-24)20-37(33,34)31-16-12-23(13-17-31)22-8-4-2-5-9-22/h2-12H,13-20H2,1H3. The molecule has 10 heteroatoms. The Balaban J connectivity index is 1.46. The maximum absolute atomic E-state index is 13.5. The third kappa shape index (κ3) is 6.18. The Morgan fingerprint density at radius 1 is 1.05 bits per heavy atom. The van der Waals surface area contributed by atoms with Crippen LogP contribution in [-0.2, 0) is 19.6 Å². The van der Waals surface area contributed by atoms with E-state index in [0.29, 0.717) is 18.7 Å². The summed E-state index contributed by atoms with van der Waals surface area (Å²) in [5, 5.41) is 9.15. The van der Waals surface area contributed by atoms with E-state index in [0.717, 1.165) is 11.1 Å². The average Bonchev–Trinajstić information content (AvgIpc) is 2.93. The monoisotopic (exact) mass is 522 g/mol. The number of nitriles is 1. The first-order valence-corrected chi connectivity index (χ1v) is 13.7. The van der Waals surface area contributed by atoms with Crippen molar-refractivity contribution in [2.45, 2.75) is 19.3 Å². The molecule has 2 heterocycles. The molecule has 194 valence electrons. The van der Waals surface area contributed by atoms with Gasteiger partial charge < -0.3 is 14.4 Å². The SMILES string of the molecule is COC(=O)C1(CS(=O)(=O)N2CC=C(c3ccccc3)CC2)CCN(C(=NC#N)Oc2ccccc2)CC1. The topological polar surface area (TPSA) is 112 Å². The number of amidine groups is 1. The van der Waals surface area contributed by atoms with Crippen LogP contribution in [0.2, 0.25) is 0 Å². The number of likely N-dealkylation sites (tertiary alicyclic amines) is 1. The molecular formula is C27H30N4O5S. The number of aliphatic imine (C=N–C) groups is 1. The number of rotatable bonds is 6. The van der Waals surface area contributed by atoms with Gasteiger partial charge in [0, 0.05) is 26.2 Å². The van der Waals surface area contributed by atoms with Gasteiger partial charge in [-0.15, -0.1) is 4.99 Å². The van der Waals surface area contributed by atoms with Gasteiger partial charge in [0.25, 0.3) is 0 Å². The summed E-state index contributed by atoms with van der Waals surface area (Å²) in [7, 11) is -2.47. The molecule has 0 spiro atoms. The van der Waals surface area contributed by atoms with Crippen LogP contribution in [0.3, 0.4) is 0 Å². The van der Waals surface area contributed by atoms with Crippen molar-refractivity contribution >= 4 is 27.6 Å². The van der Waals surface area contributed by atoms with Crippen molar-refractivity contribution in [2.75, 3.05) is 39.0 Å². The summed E-state index contributed by atoms with van der Waals surface area (Å²) in [4.78, 5) is 18.5. The number of nitrogens with zero attached hydrogens (tertiary/aromatic N) is 4. The fourth-order valence-electron chi connectivity index (χ4n) is 4.80. The number of piperidine rings is 1. The lowest BCUT2D eigenvalue weighted by Gasteiger charge is -2.40. The fraction of sp³-hybridized carbons (Fsp3) is 0.370. The summed E-state index contributed by atoms with van der Waals surface area (Å²) in [5.41, 5.74) is 1.01. The van der Waals surface area contributed by atoms with Crippen molar-refractivity contribution < 1.29 is 22.7 Å². The van der Waals surface area contributed by atoms with Crippen LogP contribution in [0.25, 0.3) is 5.57 Å².